The zero-order valence-electron chi connectivity index (χ0n) is 11.1. The molecule has 0 radical (unpaired) electrons. The number of halogens is 1. The summed E-state index contributed by atoms with van der Waals surface area (Å²) in [5.74, 6) is 0.628. The average Bonchev–Trinajstić information content (AvgIpc) is 2.83. The van der Waals surface area contributed by atoms with Crippen LogP contribution in [0.15, 0.2) is 18.2 Å². The molecule has 1 N–H and O–H groups in total. The number of aryl methyl sites for hydroxylation is 4. The maximum atomic E-state index is 6.13. The third-order valence-electron chi connectivity index (χ3n) is 3.63. The molecule has 1 heterocycles. The van der Waals surface area contributed by atoms with Gasteiger partial charge in [0.1, 0.15) is 0 Å². The molecule has 1 aromatic heterocycles. The molecule has 98 valence electrons. The minimum atomic E-state index is 0.420. The number of benzene rings is 1. The van der Waals surface area contributed by atoms with Crippen LogP contribution >= 0.6 is 11.6 Å². The van der Waals surface area contributed by atoms with Crippen molar-refractivity contribution in [2.75, 3.05) is 5.32 Å². The molecule has 19 heavy (non-hydrogen) atoms. The van der Waals surface area contributed by atoms with Crippen LogP contribution in [-0.4, -0.2) is 9.97 Å². The van der Waals surface area contributed by atoms with Gasteiger partial charge in [-0.2, -0.15) is 0 Å². The normalized spacial score (nSPS) is 13.4. The third kappa shape index (κ3) is 2.43. The Bertz CT molecular complexity index is 638. The van der Waals surface area contributed by atoms with E-state index in [4.69, 9.17) is 11.6 Å². The second kappa shape index (κ2) is 4.82. The number of aromatic nitrogens is 2. The van der Waals surface area contributed by atoms with Gasteiger partial charge in [-0.1, -0.05) is 17.7 Å². The Hall–Kier alpha value is -1.61. The zero-order valence-corrected chi connectivity index (χ0v) is 11.9. The highest BCUT2D eigenvalue weighted by Crippen LogP contribution is 2.28. The van der Waals surface area contributed by atoms with Crippen molar-refractivity contribution in [3.05, 3.63) is 45.9 Å². The van der Waals surface area contributed by atoms with E-state index in [0.29, 0.717) is 11.0 Å². The molecular formula is C15H16ClN3. The van der Waals surface area contributed by atoms with Crippen molar-refractivity contribution < 1.29 is 0 Å². The molecular weight excluding hydrogens is 258 g/mol. The molecule has 1 aliphatic rings. The monoisotopic (exact) mass is 273 g/mol. The van der Waals surface area contributed by atoms with Gasteiger partial charge in [-0.3, -0.25) is 0 Å². The number of nitrogens with zero attached hydrogens (tertiary/aromatic N) is 2. The highest BCUT2D eigenvalue weighted by molar-refractivity contribution is 6.31. The highest BCUT2D eigenvalue weighted by atomic mass is 35.5. The van der Waals surface area contributed by atoms with Crippen molar-refractivity contribution in [3.8, 4) is 0 Å². The Morgan fingerprint density at radius 3 is 2.63 bits per heavy atom. The van der Waals surface area contributed by atoms with E-state index >= 15 is 0 Å². The summed E-state index contributed by atoms with van der Waals surface area (Å²) in [6, 6.07) is 6.46. The Balaban J connectivity index is 1.91. The van der Waals surface area contributed by atoms with Gasteiger partial charge in [0.05, 0.1) is 11.4 Å². The summed E-state index contributed by atoms with van der Waals surface area (Å²) < 4.78 is 0. The van der Waals surface area contributed by atoms with E-state index in [2.05, 4.69) is 33.5 Å². The first-order valence-electron chi connectivity index (χ1n) is 6.53. The van der Waals surface area contributed by atoms with Crippen LogP contribution in [0.5, 0.6) is 0 Å². The van der Waals surface area contributed by atoms with E-state index in [-0.39, 0.29) is 0 Å². The summed E-state index contributed by atoms with van der Waals surface area (Å²) >= 11 is 6.13. The van der Waals surface area contributed by atoms with Gasteiger partial charge in [0.15, 0.2) is 11.0 Å². The standard InChI is InChI=1S/C15H16ClN3/c1-9-10(2)18-15(14(16)17-9)19-13-7-6-11-4-3-5-12(11)8-13/h6-8H,3-5H2,1-2H3,(H,18,19). The summed E-state index contributed by atoms with van der Waals surface area (Å²) in [5.41, 5.74) is 5.68. The van der Waals surface area contributed by atoms with Gasteiger partial charge in [0, 0.05) is 5.69 Å². The molecule has 4 heteroatoms. The summed E-state index contributed by atoms with van der Waals surface area (Å²) in [6.45, 7) is 3.85. The first kappa shape index (κ1) is 12.4. The van der Waals surface area contributed by atoms with E-state index in [1.165, 1.54) is 24.0 Å². The Morgan fingerprint density at radius 1 is 1.05 bits per heavy atom. The lowest BCUT2D eigenvalue weighted by Crippen LogP contribution is -2.01. The van der Waals surface area contributed by atoms with Gasteiger partial charge in [-0.15, -0.1) is 0 Å². The van der Waals surface area contributed by atoms with Gasteiger partial charge in [-0.25, -0.2) is 9.97 Å². The van der Waals surface area contributed by atoms with Crippen LogP contribution in [0.25, 0.3) is 0 Å². The summed E-state index contributed by atoms with van der Waals surface area (Å²) in [7, 11) is 0. The number of hydrogen-bond acceptors (Lipinski definition) is 3. The van der Waals surface area contributed by atoms with Crippen LogP contribution in [0.1, 0.15) is 28.9 Å². The minimum absolute atomic E-state index is 0.420. The molecule has 2 aromatic rings. The molecule has 0 saturated carbocycles. The predicted octanol–water partition coefficient (Wildman–Crippen LogP) is 3.98. The number of nitrogens with one attached hydrogen (secondary N) is 1. The zero-order chi connectivity index (χ0) is 13.4. The summed E-state index contributed by atoms with van der Waals surface area (Å²) in [4.78, 5) is 8.74. The smallest absolute Gasteiger partial charge is 0.172 e. The van der Waals surface area contributed by atoms with Crippen molar-refractivity contribution in [3.63, 3.8) is 0 Å². The molecule has 3 rings (SSSR count). The van der Waals surface area contributed by atoms with Gasteiger partial charge in [0.2, 0.25) is 0 Å². The van der Waals surface area contributed by atoms with E-state index in [1.807, 2.05) is 13.8 Å². The fraction of sp³-hybridized carbons (Fsp3) is 0.333. The Kier molecular flexibility index (Phi) is 3.15. The lowest BCUT2D eigenvalue weighted by atomic mass is 10.1. The summed E-state index contributed by atoms with van der Waals surface area (Å²) in [6.07, 6.45) is 3.61. The number of rotatable bonds is 2. The van der Waals surface area contributed by atoms with Crippen LogP contribution in [0.3, 0.4) is 0 Å². The van der Waals surface area contributed by atoms with E-state index in [9.17, 15) is 0 Å². The van der Waals surface area contributed by atoms with Crippen LogP contribution in [0.4, 0.5) is 11.5 Å². The molecule has 0 unspecified atom stereocenters. The number of fused-ring (bicyclic) bond motifs is 1. The molecule has 1 aromatic carbocycles. The van der Waals surface area contributed by atoms with Gasteiger partial charge in [0.25, 0.3) is 0 Å². The highest BCUT2D eigenvalue weighted by Gasteiger charge is 2.12. The fourth-order valence-electron chi connectivity index (χ4n) is 2.44. The van der Waals surface area contributed by atoms with Crippen LogP contribution in [0.2, 0.25) is 5.15 Å². The Labute approximate surface area is 118 Å². The van der Waals surface area contributed by atoms with Crippen molar-refractivity contribution >= 4 is 23.1 Å². The number of anilines is 2. The predicted molar refractivity (Wildman–Crippen MR) is 78.3 cm³/mol. The molecule has 0 spiro atoms. The van der Waals surface area contributed by atoms with Crippen molar-refractivity contribution in [2.45, 2.75) is 33.1 Å². The van der Waals surface area contributed by atoms with Crippen LogP contribution < -0.4 is 5.32 Å². The first-order valence-corrected chi connectivity index (χ1v) is 6.91. The molecule has 0 atom stereocenters. The van der Waals surface area contributed by atoms with Crippen molar-refractivity contribution in [1.29, 1.82) is 0 Å². The van der Waals surface area contributed by atoms with Crippen molar-refractivity contribution in [1.82, 2.24) is 9.97 Å². The molecule has 0 saturated heterocycles. The number of hydrogen-bond donors (Lipinski definition) is 1. The molecule has 0 amide bonds. The lowest BCUT2D eigenvalue weighted by Gasteiger charge is -2.10. The quantitative estimate of drug-likeness (QED) is 0.899. The van der Waals surface area contributed by atoms with E-state index < -0.39 is 0 Å². The Morgan fingerprint density at radius 2 is 1.79 bits per heavy atom. The maximum Gasteiger partial charge on any atom is 0.172 e. The van der Waals surface area contributed by atoms with Gasteiger partial charge < -0.3 is 5.32 Å². The molecule has 0 bridgehead atoms. The van der Waals surface area contributed by atoms with Crippen LogP contribution in [0, 0.1) is 13.8 Å². The second-order valence-corrected chi connectivity index (χ2v) is 5.35. The third-order valence-corrected chi connectivity index (χ3v) is 3.89. The molecule has 3 nitrogen and oxygen atoms in total. The lowest BCUT2D eigenvalue weighted by molar-refractivity contribution is 0.912. The molecule has 0 fully saturated rings. The molecule has 1 aliphatic carbocycles. The SMILES string of the molecule is Cc1nc(Cl)c(Nc2ccc3c(c2)CCC3)nc1C. The minimum Gasteiger partial charge on any atom is -0.338 e. The molecule has 0 aliphatic heterocycles. The van der Waals surface area contributed by atoms with E-state index in [1.54, 1.807) is 0 Å². The largest absolute Gasteiger partial charge is 0.338 e. The van der Waals surface area contributed by atoms with Gasteiger partial charge >= 0.3 is 0 Å². The summed E-state index contributed by atoms with van der Waals surface area (Å²) in [5, 5.41) is 3.68. The maximum absolute atomic E-state index is 6.13. The van der Waals surface area contributed by atoms with Crippen LogP contribution in [-0.2, 0) is 12.8 Å². The topological polar surface area (TPSA) is 37.8 Å². The second-order valence-electron chi connectivity index (χ2n) is 5.00. The van der Waals surface area contributed by atoms with E-state index in [0.717, 1.165) is 23.5 Å². The fourth-order valence-corrected chi connectivity index (χ4v) is 2.66. The first-order chi connectivity index (χ1) is 9.13. The average molecular weight is 274 g/mol. The van der Waals surface area contributed by atoms with Gasteiger partial charge in [-0.05, 0) is 56.4 Å². The van der Waals surface area contributed by atoms with Crippen molar-refractivity contribution in [2.24, 2.45) is 0 Å².